The van der Waals surface area contributed by atoms with E-state index in [-0.39, 0.29) is 5.75 Å². The number of nitrogens with one attached hydrogen (secondary N) is 1. The first-order chi connectivity index (χ1) is 17.4. The number of aromatic hydroxyl groups is 1. The number of aryl methyl sites for hydroxylation is 1. The number of benzene rings is 2. The number of pyridine rings is 1. The number of nitrogens with zero attached hydrogens (tertiary/aromatic N) is 3. The summed E-state index contributed by atoms with van der Waals surface area (Å²) in [4.78, 5) is 21.2. The van der Waals surface area contributed by atoms with E-state index in [1.54, 1.807) is 45.2 Å². The number of hydrogen-bond acceptors (Lipinski definition) is 7. The molecule has 4 rings (SSSR count). The first-order valence-corrected chi connectivity index (χ1v) is 13.8. The molecule has 196 valence electrons. The molecule has 9 heteroatoms. The van der Waals surface area contributed by atoms with E-state index in [0.29, 0.717) is 5.56 Å². The van der Waals surface area contributed by atoms with E-state index < -0.39 is 20.7 Å². The number of rotatable bonds is 6. The molecule has 0 atom stereocenters. The van der Waals surface area contributed by atoms with Crippen LogP contribution in [0.25, 0.3) is 11.1 Å². The van der Waals surface area contributed by atoms with Gasteiger partial charge in [0.2, 0.25) is 10.0 Å². The Labute approximate surface area is 219 Å². The molecule has 1 fully saturated rings. The Morgan fingerprint density at radius 3 is 2.27 bits per heavy atom. The normalized spacial score (nSPS) is 15.0. The van der Waals surface area contributed by atoms with Crippen molar-refractivity contribution in [2.45, 2.75) is 39.0 Å². The fraction of sp³-hybridized carbons (Fsp3) is 0.357. The molecule has 0 bridgehead atoms. The van der Waals surface area contributed by atoms with Crippen LogP contribution in [-0.2, 0) is 16.6 Å². The lowest BCUT2D eigenvalue weighted by atomic mass is 9.99. The molecule has 0 unspecified atom stereocenters. The molecule has 1 amide bonds. The van der Waals surface area contributed by atoms with E-state index in [1.807, 2.05) is 12.1 Å². The van der Waals surface area contributed by atoms with Gasteiger partial charge in [0.15, 0.2) is 0 Å². The maximum atomic E-state index is 12.4. The molecule has 3 aromatic rings. The topological polar surface area (TPSA) is 103 Å². The quantitative estimate of drug-likeness (QED) is 0.505. The number of carbonyl (C=O) groups excluding carboxylic acids is 1. The van der Waals surface area contributed by atoms with Gasteiger partial charge >= 0.3 is 0 Å². The molecule has 1 saturated heterocycles. The summed E-state index contributed by atoms with van der Waals surface area (Å²) in [6, 6.07) is 15.2. The second-order valence-electron chi connectivity index (χ2n) is 10.4. The molecule has 2 N–H and O–H groups in total. The zero-order chi connectivity index (χ0) is 26.8. The van der Waals surface area contributed by atoms with Crippen LogP contribution < -0.4 is 9.62 Å². The Balaban J connectivity index is 1.33. The molecule has 37 heavy (non-hydrogen) atoms. The lowest BCUT2D eigenvalue weighted by Gasteiger charge is -2.36. The fourth-order valence-corrected chi connectivity index (χ4v) is 4.97. The third-order valence-electron chi connectivity index (χ3n) is 6.63. The molecule has 0 saturated carbocycles. The third-order valence-corrected chi connectivity index (χ3v) is 8.70. The predicted octanol–water partition coefficient (Wildman–Crippen LogP) is 3.94. The molecule has 2 heterocycles. The van der Waals surface area contributed by atoms with Crippen LogP contribution in [0, 0.1) is 6.92 Å². The lowest BCUT2D eigenvalue weighted by molar-refractivity contribution is 0.0980. The molecule has 0 aliphatic carbocycles. The van der Waals surface area contributed by atoms with Crippen LogP contribution in [0.4, 0.5) is 5.69 Å². The summed E-state index contributed by atoms with van der Waals surface area (Å²) in [5.74, 6) is -0.460. The largest absolute Gasteiger partial charge is 0.506 e. The number of carbonyl (C=O) groups is 1. The molecule has 1 aromatic heterocycles. The van der Waals surface area contributed by atoms with Gasteiger partial charge in [-0.15, -0.1) is 0 Å². The molecule has 1 aliphatic rings. The summed E-state index contributed by atoms with van der Waals surface area (Å²) in [7, 11) is -3.76. The van der Waals surface area contributed by atoms with Gasteiger partial charge in [-0.05, 0) is 74.7 Å². The van der Waals surface area contributed by atoms with E-state index >= 15 is 0 Å². The van der Waals surface area contributed by atoms with Crippen LogP contribution in [0.5, 0.6) is 5.75 Å². The summed E-state index contributed by atoms with van der Waals surface area (Å²) in [5.41, 5.74) is 5.67. The highest BCUT2D eigenvalue weighted by molar-refractivity contribution is 7.91. The van der Waals surface area contributed by atoms with Gasteiger partial charge in [0, 0.05) is 55.7 Å². The van der Waals surface area contributed by atoms with E-state index in [2.05, 4.69) is 44.6 Å². The van der Waals surface area contributed by atoms with Crippen LogP contribution in [-0.4, -0.2) is 60.2 Å². The molecule has 0 radical (unpaired) electrons. The summed E-state index contributed by atoms with van der Waals surface area (Å²) < 4.78 is 25.6. The average Bonchev–Trinajstić information content (AvgIpc) is 2.84. The number of amides is 1. The molecule has 0 spiro atoms. The Kier molecular flexibility index (Phi) is 7.57. The van der Waals surface area contributed by atoms with Gasteiger partial charge in [0.05, 0.1) is 10.9 Å². The van der Waals surface area contributed by atoms with E-state index in [0.717, 1.165) is 55.1 Å². The van der Waals surface area contributed by atoms with Crippen LogP contribution in [0.1, 0.15) is 42.3 Å². The minimum absolute atomic E-state index is 0.158. The molecule has 1 aliphatic heterocycles. The Morgan fingerprint density at radius 1 is 1.00 bits per heavy atom. The van der Waals surface area contributed by atoms with E-state index in [1.165, 1.54) is 11.8 Å². The highest BCUT2D eigenvalue weighted by atomic mass is 32.2. The minimum atomic E-state index is -3.76. The number of hydrogen-bond donors (Lipinski definition) is 2. The highest BCUT2D eigenvalue weighted by Gasteiger charge is 2.31. The van der Waals surface area contributed by atoms with Crippen LogP contribution in [0.3, 0.4) is 0 Å². The van der Waals surface area contributed by atoms with Gasteiger partial charge in [0.25, 0.3) is 5.91 Å². The monoisotopic (exact) mass is 522 g/mol. The van der Waals surface area contributed by atoms with Crippen LogP contribution >= 0.6 is 0 Å². The summed E-state index contributed by atoms with van der Waals surface area (Å²) in [6.45, 7) is 11.1. The number of sulfonamides is 1. The molecular weight excluding hydrogens is 488 g/mol. The minimum Gasteiger partial charge on any atom is -0.506 e. The maximum Gasteiger partial charge on any atom is 0.264 e. The summed E-state index contributed by atoms with van der Waals surface area (Å²) in [6.07, 6.45) is 3.19. The van der Waals surface area contributed by atoms with Crippen molar-refractivity contribution in [3.63, 3.8) is 0 Å². The van der Waals surface area contributed by atoms with Gasteiger partial charge in [-0.3, -0.25) is 14.7 Å². The second kappa shape index (κ2) is 10.5. The van der Waals surface area contributed by atoms with Crippen LogP contribution in [0.15, 0.2) is 60.9 Å². The zero-order valence-corrected chi connectivity index (χ0v) is 22.5. The van der Waals surface area contributed by atoms with Crippen molar-refractivity contribution < 1.29 is 18.3 Å². The highest BCUT2D eigenvalue weighted by Crippen LogP contribution is 2.27. The summed E-state index contributed by atoms with van der Waals surface area (Å²) >= 11 is 0. The van der Waals surface area contributed by atoms with Gasteiger partial charge < -0.3 is 10.0 Å². The predicted molar refractivity (Wildman–Crippen MR) is 146 cm³/mol. The van der Waals surface area contributed by atoms with Crippen molar-refractivity contribution in [2.75, 3.05) is 31.1 Å². The number of anilines is 1. The van der Waals surface area contributed by atoms with Crippen molar-refractivity contribution in [3.8, 4) is 16.9 Å². The van der Waals surface area contributed by atoms with E-state index in [9.17, 15) is 18.3 Å². The van der Waals surface area contributed by atoms with Crippen molar-refractivity contribution >= 4 is 21.6 Å². The summed E-state index contributed by atoms with van der Waals surface area (Å²) in [5, 5.41) is 9.73. The van der Waals surface area contributed by atoms with Crippen LogP contribution in [0.2, 0.25) is 0 Å². The SMILES string of the molecule is Cc1cc(CN2CCN(c3ccc(C(=O)NS(=O)(=O)C(C)(C)C)cc3)CC2)ccc1-c1cncc(O)c1. The van der Waals surface area contributed by atoms with Crippen molar-refractivity contribution in [3.05, 3.63) is 77.6 Å². The van der Waals surface area contributed by atoms with Gasteiger partial charge in [-0.25, -0.2) is 13.1 Å². The lowest BCUT2D eigenvalue weighted by Crippen LogP contribution is -2.46. The third kappa shape index (κ3) is 6.29. The zero-order valence-electron chi connectivity index (χ0n) is 21.7. The van der Waals surface area contributed by atoms with Gasteiger partial charge in [-0.2, -0.15) is 0 Å². The van der Waals surface area contributed by atoms with Crippen molar-refractivity contribution in [1.29, 1.82) is 0 Å². The molecule has 8 nitrogen and oxygen atoms in total. The van der Waals surface area contributed by atoms with E-state index in [4.69, 9.17) is 0 Å². The maximum absolute atomic E-state index is 12.4. The van der Waals surface area contributed by atoms with Gasteiger partial charge in [-0.1, -0.05) is 18.2 Å². The van der Waals surface area contributed by atoms with Gasteiger partial charge in [0.1, 0.15) is 5.75 Å². The first kappa shape index (κ1) is 26.6. The Morgan fingerprint density at radius 2 is 1.68 bits per heavy atom. The second-order valence-corrected chi connectivity index (χ2v) is 12.9. The Bertz CT molecular complexity index is 1370. The average molecular weight is 523 g/mol. The smallest absolute Gasteiger partial charge is 0.264 e. The van der Waals surface area contributed by atoms with Crippen molar-refractivity contribution in [2.24, 2.45) is 0 Å². The van der Waals surface area contributed by atoms with Crippen molar-refractivity contribution in [1.82, 2.24) is 14.6 Å². The first-order valence-electron chi connectivity index (χ1n) is 12.3. The number of aromatic nitrogens is 1. The number of piperazine rings is 1. The molecule has 2 aromatic carbocycles. The molecular formula is C28H34N4O4S. The fourth-order valence-electron chi connectivity index (χ4n) is 4.30. The Hall–Kier alpha value is -3.43. The standard InChI is InChI=1S/C28H34N4O4S/c1-20-15-21(5-10-26(20)23-16-25(33)18-29-17-23)19-31-11-13-32(14-12-31)24-8-6-22(7-9-24)27(34)30-37(35,36)28(2,3)4/h5-10,15-18,33H,11-14,19H2,1-4H3,(H,30,34).